The van der Waals surface area contributed by atoms with Crippen LogP contribution in [0, 0.1) is 0 Å². The fraction of sp³-hybridized carbons (Fsp3) is 0.500. The van der Waals surface area contributed by atoms with E-state index in [9.17, 15) is 24.3 Å². The van der Waals surface area contributed by atoms with E-state index in [2.05, 4.69) is 15.2 Å². The van der Waals surface area contributed by atoms with Crippen LogP contribution in [-0.4, -0.2) is 73.6 Å². The molecule has 1 amide bonds. The van der Waals surface area contributed by atoms with E-state index in [0.29, 0.717) is 17.1 Å². The van der Waals surface area contributed by atoms with Gasteiger partial charge in [-0.1, -0.05) is 0 Å². The van der Waals surface area contributed by atoms with E-state index in [0.717, 1.165) is 5.01 Å². The molecule has 35 heavy (non-hydrogen) atoms. The van der Waals surface area contributed by atoms with Crippen LogP contribution in [0.3, 0.4) is 0 Å². The summed E-state index contributed by atoms with van der Waals surface area (Å²) in [6.45, 7) is 0.201. The number of nitrogens with two attached hydrogens (primary N) is 2. The number of hydrazine groups is 1. The van der Waals surface area contributed by atoms with Gasteiger partial charge in [0.2, 0.25) is 5.91 Å². The molecule has 1 aromatic rings. The predicted octanol–water partition coefficient (Wildman–Crippen LogP) is -0.0438. The Bertz CT molecular complexity index is 895. The van der Waals surface area contributed by atoms with Crippen LogP contribution in [0.2, 0.25) is 0 Å². The third-order valence-electron chi connectivity index (χ3n) is 4.84. The van der Waals surface area contributed by atoms with Crippen molar-refractivity contribution >= 4 is 29.6 Å². The Kier molecular flexibility index (Phi) is 12.6. The Labute approximate surface area is 203 Å². The number of hydrogen-bond acceptors (Lipinski definition) is 9. The zero-order chi connectivity index (χ0) is 26.4. The number of ketones is 1. The van der Waals surface area contributed by atoms with Gasteiger partial charge in [0.25, 0.3) is 0 Å². The molecule has 1 aromatic carbocycles. The van der Waals surface area contributed by atoms with Crippen molar-refractivity contribution in [1.29, 1.82) is 0 Å². The molecule has 0 unspecified atom stereocenters. The lowest BCUT2D eigenvalue weighted by molar-refractivity contribution is -0.155. The molecule has 13 nitrogen and oxygen atoms in total. The highest BCUT2D eigenvalue weighted by molar-refractivity contribution is 5.99. The Morgan fingerprint density at radius 1 is 1.06 bits per heavy atom. The number of rotatable bonds is 16. The van der Waals surface area contributed by atoms with Crippen LogP contribution in [-0.2, 0) is 30.5 Å². The molecule has 0 aromatic heterocycles. The Balaban J connectivity index is 3.07. The zero-order valence-corrected chi connectivity index (χ0v) is 20.1. The maximum atomic E-state index is 13.0. The molecule has 0 saturated carbocycles. The van der Waals surface area contributed by atoms with E-state index in [1.54, 1.807) is 18.2 Å². The van der Waals surface area contributed by atoms with Crippen molar-refractivity contribution in [3.8, 4) is 11.5 Å². The second-order valence-electron chi connectivity index (χ2n) is 7.41. The van der Waals surface area contributed by atoms with Gasteiger partial charge in [0, 0.05) is 25.6 Å². The summed E-state index contributed by atoms with van der Waals surface area (Å²) in [5.74, 6) is -2.28. The zero-order valence-electron chi connectivity index (χ0n) is 20.1. The molecule has 13 heteroatoms. The number of nitrogens with zero attached hydrogens (tertiary/aromatic N) is 2. The molecule has 0 radical (unpaired) electrons. The van der Waals surface area contributed by atoms with Gasteiger partial charge in [0.1, 0.15) is 23.3 Å². The molecular weight excluding hydrogens is 462 g/mol. The van der Waals surface area contributed by atoms with E-state index < -0.39 is 36.1 Å². The van der Waals surface area contributed by atoms with Gasteiger partial charge in [-0.2, -0.15) is 0 Å². The lowest BCUT2D eigenvalue weighted by Crippen LogP contribution is -2.53. The molecular formula is C22H33N5O8. The summed E-state index contributed by atoms with van der Waals surface area (Å²) >= 11 is 0. The molecule has 0 heterocycles. The number of carboxylic acid groups (broad SMARTS) is 1. The number of carboxylic acids is 1. The minimum Gasteiger partial charge on any atom is -0.497 e. The minimum atomic E-state index is -1.31. The minimum absolute atomic E-state index is 0.0165. The van der Waals surface area contributed by atoms with E-state index in [-0.39, 0.29) is 44.7 Å². The van der Waals surface area contributed by atoms with Gasteiger partial charge >= 0.3 is 11.9 Å². The number of guanidine groups is 1. The van der Waals surface area contributed by atoms with E-state index in [4.69, 9.17) is 20.9 Å². The summed E-state index contributed by atoms with van der Waals surface area (Å²) in [4.78, 5) is 52.3. The Hall–Kier alpha value is -3.87. The molecule has 0 bridgehead atoms. The molecule has 0 saturated heterocycles. The van der Waals surface area contributed by atoms with Crippen molar-refractivity contribution in [1.82, 2.24) is 10.4 Å². The van der Waals surface area contributed by atoms with Gasteiger partial charge in [-0.25, -0.2) is 10.2 Å². The van der Waals surface area contributed by atoms with Crippen molar-refractivity contribution in [3.63, 3.8) is 0 Å². The molecule has 0 aliphatic rings. The summed E-state index contributed by atoms with van der Waals surface area (Å²) in [6, 6.07) is 3.73. The van der Waals surface area contributed by atoms with Crippen molar-refractivity contribution in [2.45, 2.75) is 44.7 Å². The number of carbonyl (C=O) groups excluding carboxylic acids is 3. The second-order valence-corrected chi connectivity index (χ2v) is 7.41. The maximum absolute atomic E-state index is 13.0. The quantitative estimate of drug-likeness (QED) is 0.0599. The first-order chi connectivity index (χ1) is 16.6. The monoisotopic (exact) mass is 495 g/mol. The largest absolute Gasteiger partial charge is 0.497 e. The topological polar surface area (TPSA) is 196 Å². The number of aliphatic carboxylic acids is 1. The van der Waals surface area contributed by atoms with Crippen LogP contribution >= 0.6 is 0 Å². The van der Waals surface area contributed by atoms with Gasteiger partial charge < -0.3 is 30.8 Å². The smallest absolute Gasteiger partial charge is 0.328 e. The first-order valence-corrected chi connectivity index (χ1v) is 10.8. The molecule has 1 rings (SSSR count). The molecule has 0 spiro atoms. The summed E-state index contributed by atoms with van der Waals surface area (Å²) in [5, 5.41) is 10.7. The number of nitrogens with one attached hydrogen (secondary N) is 1. The lowest BCUT2D eigenvalue weighted by Gasteiger charge is -2.29. The fourth-order valence-electron chi connectivity index (χ4n) is 3.06. The normalized spacial score (nSPS) is 11.2. The number of benzene rings is 1. The second kappa shape index (κ2) is 15.1. The molecule has 0 aliphatic carbocycles. The molecule has 0 aliphatic heterocycles. The predicted molar refractivity (Wildman–Crippen MR) is 125 cm³/mol. The number of hydrogen-bond donors (Lipinski definition) is 4. The molecule has 194 valence electrons. The number of esters is 1. The van der Waals surface area contributed by atoms with Crippen molar-refractivity contribution in [3.05, 3.63) is 23.8 Å². The van der Waals surface area contributed by atoms with E-state index in [1.807, 2.05) is 0 Å². The van der Waals surface area contributed by atoms with Crippen LogP contribution in [0.1, 0.15) is 37.7 Å². The average Bonchev–Trinajstić information content (AvgIpc) is 2.82. The number of carbonyl (C=O) groups is 4. The highest BCUT2D eigenvalue weighted by atomic mass is 16.5. The number of ether oxygens (including phenoxy) is 3. The van der Waals surface area contributed by atoms with Gasteiger partial charge in [-0.3, -0.25) is 24.4 Å². The van der Waals surface area contributed by atoms with Crippen LogP contribution in [0.4, 0.5) is 0 Å². The van der Waals surface area contributed by atoms with E-state index >= 15 is 0 Å². The van der Waals surface area contributed by atoms with Crippen LogP contribution in [0.25, 0.3) is 0 Å². The summed E-state index contributed by atoms with van der Waals surface area (Å²) in [6.07, 6.45) is -0.697. The lowest BCUT2D eigenvalue weighted by atomic mass is 10.1. The van der Waals surface area contributed by atoms with Gasteiger partial charge in [-0.15, -0.1) is 0 Å². The Morgan fingerprint density at radius 2 is 1.69 bits per heavy atom. The number of methoxy groups -OCH3 is 3. The van der Waals surface area contributed by atoms with Gasteiger partial charge in [0.15, 0.2) is 5.96 Å². The number of amides is 1. The highest BCUT2D eigenvalue weighted by Crippen LogP contribution is 2.22. The van der Waals surface area contributed by atoms with Gasteiger partial charge in [-0.05, 0) is 30.5 Å². The van der Waals surface area contributed by atoms with Crippen molar-refractivity contribution in [2.75, 3.05) is 27.9 Å². The van der Waals surface area contributed by atoms with Crippen molar-refractivity contribution < 1.29 is 38.5 Å². The van der Waals surface area contributed by atoms with Gasteiger partial charge in [0.05, 0.1) is 34.2 Å². The maximum Gasteiger partial charge on any atom is 0.328 e. The number of aliphatic imine (C=N–C) groups is 1. The molecule has 6 N–H and O–H groups in total. The average molecular weight is 496 g/mol. The van der Waals surface area contributed by atoms with Crippen molar-refractivity contribution in [2.24, 2.45) is 16.5 Å². The molecule has 1 atom stereocenters. The SMILES string of the molecule is COC(=O)CCC(=O)CC(=O)N(NCc1cc(OC)cc(OC)c1)[C@@H](CCCN=C(N)N)C(=O)O. The fourth-order valence-corrected chi connectivity index (χ4v) is 3.06. The van der Waals surface area contributed by atoms with E-state index in [1.165, 1.54) is 21.3 Å². The van der Waals surface area contributed by atoms with Crippen LogP contribution < -0.4 is 26.4 Å². The first kappa shape index (κ1) is 29.2. The third-order valence-corrected chi connectivity index (χ3v) is 4.84. The van der Waals surface area contributed by atoms with Crippen LogP contribution in [0.15, 0.2) is 23.2 Å². The summed E-state index contributed by atoms with van der Waals surface area (Å²) in [7, 11) is 4.16. The standard InChI is InChI=1S/C22H33N5O8/c1-33-16-9-14(10-17(12-16)34-2)13-26-27(18(21(31)32)5-4-8-25-22(23)24)19(29)11-15(28)6-7-20(30)35-3/h9-10,12,18,26H,4-8,11,13H2,1-3H3,(H,31,32)(H4,23,24,25)/t18-/m0/s1. The Morgan fingerprint density at radius 3 is 2.20 bits per heavy atom. The summed E-state index contributed by atoms with van der Waals surface area (Å²) < 4.78 is 15.0. The number of Topliss-reactive ketones (excluding diaryl/α,β-unsaturated/α-hetero) is 1. The van der Waals surface area contributed by atoms with Crippen LogP contribution in [0.5, 0.6) is 11.5 Å². The summed E-state index contributed by atoms with van der Waals surface area (Å²) in [5.41, 5.74) is 14.0. The molecule has 0 fully saturated rings. The first-order valence-electron chi connectivity index (χ1n) is 10.8. The third kappa shape index (κ3) is 10.7. The highest BCUT2D eigenvalue weighted by Gasteiger charge is 2.30.